The SMILES string of the molecule is C[C@@H]1CCCCN1C1NC=CC=C1C(=O)O. The Bertz CT molecular complexity index is 336. The monoisotopic (exact) mass is 222 g/mol. The van der Waals surface area contributed by atoms with Crippen molar-refractivity contribution in [2.75, 3.05) is 6.54 Å². The number of hydrogen-bond acceptors (Lipinski definition) is 3. The Labute approximate surface area is 95.6 Å². The van der Waals surface area contributed by atoms with E-state index in [1.54, 1.807) is 12.2 Å². The third kappa shape index (κ3) is 2.11. The van der Waals surface area contributed by atoms with Crippen molar-refractivity contribution in [3.8, 4) is 0 Å². The minimum Gasteiger partial charge on any atom is -0.478 e. The first-order valence-corrected chi connectivity index (χ1v) is 5.82. The number of nitrogens with one attached hydrogen (secondary N) is 1. The normalized spacial score (nSPS) is 30.7. The van der Waals surface area contributed by atoms with Gasteiger partial charge in [-0.15, -0.1) is 0 Å². The van der Waals surface area contributed by atoms with Crippen LogP contribution >= 0.6 is 0 Å². The van der Waals surface area contributed by atoms with Gasteiger partial charge in [-0.25, -0.2) is 4.79 Å². The molecule has 0 aromatic rings. The van der Waals surface area contributed by atoms with Gasteiger partial charge >= 0.3 is 5.97 Å². The Hall–Kier alpha value is -1.29. The van der Waals surface area contributed by atoms with Crippen LogP contribution < -0.4 is 5.32 Å². The summed E-state index contributed by atoms with van der Waals surface area (Å²) in [6.45, 7) is 3.13. The van der Waals surface area contributed by atoms with Crippen LogP contribution in [0.4, 0.5) is 0 Å². The van der Waals surface area contributed by atoms with E-state index in [1.165, 1.54) is 6.42 Å². The molecule has 1 unspecified atom stereocenters. The van der Waals surface area contributed by atoms with E-state index in [2.05, 4.69) is 17.1 Å². The summed E-state index contributed by atoms with van der Waals surface area (Å²) in [4.78, 5) is 13.4. The van der Waals surface area contributed by atoms with Crippen LogP contribution in [-0.2, 0) is 4.79 Å². The van der Waals surface area contributed by atoms with Gasteiger partial charge in [0.15, 0.2) is 0 Å². The summed E-state index contributed by atoms with van der Waals surface area (Å²) in [7, 11) is 0. The number of carboxylic acids is 1. The quantitative estimate of drug-likeness (QED) is 0.739. The average Bonchev–Trinajstić information content (AvgIpc) is 2.29. The summed E-state index contributed by atoms with van der Waals surface area (Å²) in [5, 5.41) is 12.3. The van der Waals surface area contributed by atoms with Crippen molar-refractivity contribution < 1.29 is 9.90 Å². The van der Waals surface area contributed by atoms with Crippen LogP contribution in [0, 0.1) is 0 Å². The second kappa shape index (κ2) is 4.70. The molecule has 4 nitrogen and oxygen atoms in total. The minimum absolute atomic E-state index is 0.169. The predicted molar refractivity (Wildman–Crippen MR) is 61.8 cm³/mol. The van der Waals surface area contributed by atoms with Crippen LogP contribution in [0.2, 0.25) is 0 Å². The molecule has 0 amide bonds. The maximum Gasteiger partial charge on any atom is 0.335 e. The molecule has 2 N–H and O–H groups in total. The number of carboxylic acid groups (broad SMARTS) is 1. The van der Waals surface area contributed by atoms with E-state index in [0.717, 1.165) is 19.4 Å². The maximum atomic E-state index is 11.1. The summed E-state index contributed by atoms with van der Waals surface area (Å²) in [5.41, 5.74) is 0.441. The zero-order chi connectivity index (χ0) is 11.5. The van der Waals surface area contributed by atoms with E-state index in [-0.39, 0.29) is 6.17 Å². The number of aliphatic carboxylic acids is 1. The minimum atomic E-state index is -0.834. The van der Waals surface area contributed by atoms with Crippen molar-refractivity contribution in [1.29, 1.82) is 0 Å². The zero-order valence-corrected chi connectivity index (χ0v) is 9.52. The highest BCUT2D eigenvalue weighted by Gasteiger charge is 2.31. The fraction of sp³-hybridized carbons (Fsp3) is 0.583. The maximum absolute atomic E-state index is 11.1. The van der Waals surface area contributed by atoms with E-state index in [4.69, 9.17) is 5.11 Å². The number of hydrogen-bond donors (Lipinski definition) is 2. The zero-order valence-electron chi connectivity index (χ0n) is 9.52. The van der Waals surface area contributed by atoms with Crippen LogP contribution in [-0.4, -0.2) is 34.7 Å². The number of allylic oxidation sites excluding steroid dienone is 2. The summed E-state index contributed by atoms with van der Waals surface area (Å²) >= 11 is 0. The number of dihydropyridines is 1. The molecule has 2 aliphatic heterocycles. The highest BCUT2D eigenvalue weighted by atomic mass is 16.4. The molecule has 0 saturated carbocycles. The van der Waals surface area contributed by atoms with Crippen molar-refractivity contribution >= 4 is 5.97 Å². The molecular weight excluding hydrogens is 204 g/mol. The van der Waals surface area contributed by atoms with Gasteiger partial charge in [0, 0.05) is 12.6 Å². The first-order chi connectivity index (χ1) is 7.70. The Morgan fingerprint density at radius 2 is 2.38 bits per heavy atom. The third-order valence-corrected chi connectivity index (χ3v) is 3.35. The van der Waals surface area contributed by atoms with E-state index in [1.807, 2.05) is 6.20 Å². The predicted octanol–water partition coefficient (Wildman–Crippen LogP) is 1.31. The van der Waals surface area contributed by atoms with Crippen LogP contribution in [0.5, 0.6) is 0 Å². The summed E-state index contributed by atoms with van der Waals surface area (Å²) in [6, 6.07) is 0.445. The second-order valence-electron chi connectivity index (χ2n) is 4.44. The molecule has 1 saturated heterocycles. The standard InChI is InChI=1S/C12H18N2O2/c1-9-5-2-3-8-14(9)11-10(12(15)16)6-4-7-13-11/h4,6-7,9,11,13H,2-3,5,8H2,1H3,(H,15,16)/t9-,11?/m1/s1. The van der Waals surface area contributed by atoms with E-state index < -0.39 is 5.97 Å². The van der Waals surface area contributed by atoms with Crippen molar-refractivity contribution in [3.05, 3.63) is 23.9 Å². The number of carbonyl (C=O) groups is 1. The fourth-order valence-electron chi connectivity index (χ4n) is 2.45. The lowest BCUT2D eigenvalue weighted by Gasteiger charge is -2.40. The first-order valence-electron chi connectivity index (χ1n) is 5.82. The van der Waals surface area contributed by atoms with Gasteiger partial charge in [0.05, 0.1) is 5.57 Å². The Morgan fingerprint density at radius 3 is 3.06 bits per heavy atom. The van der Waals surface area contributed by atoms with Crippen molar-refractivity contribution in [3.63, 3.8) is 0 Å². The molecule has 0 aromatic carbocycles. The third-order valence-electron chi connectivity index (χ3n) is 3.35. The lowest BCUT2D eigenvalue weighted by molar-refractivity contribution is -0.133. The number of nitrogens with zero attached hydrogens (tertiary/aromatic N) is 1. The molecular formula is C12H18N2O2. The topological polar surface area (TPSA) is 52.6 Å². The molecule has 2 heterocycles. The van der Waals surface area contributed by atoms with Crippen LogP contribution in [0.15, 0.2) is 23.9 Å². The largest absolute Gasteiger partial charge is 0.478 e. The molecule has 0 bridgehead atoms. The molecule has 1 fully saturated rings. The van der Waals surface area contributed by atoms with Gasteiger partial charge in [0.1, 0.15) is 6.17 Å². The van der Waals surface area contributed by atoms with Gasteiger partial charge < -0.3 is 10.4 Å². The van der Waals surface area contributed by atoms with Crippen molar-refractivity contribution in [2.45, 2.75) is 38.4 Å². The van der Waals surface area contributed by atoms with Gasteiger partial charge in [-0.2, -0.15) is 0 Å². The fourth-order valence-corrected chi connectivity index (χ4v) is 2.45. The number of rotatable bonds is 2. The molecule has 0 spiro atoms. The lowest BCUT2D eigenvalue weighted by atomic mass is 10.00. The van der Waals surface area contributed by atoms with E-state index in [0.29, 0.717) is 11.6 Å². The molecule has 4 heteroatoms. The van der Waals surface area contributed by atoms with Gasteiger partial charge in [0.25, 0.3) is 0 Å². The Morgan fingerprint density at radius 1 is 1.56 bits per heavy atom. The lowest BCUT2D eigenvalue weighted by Crippen LogP contribution is -2.53. The average molecular weight is 222 g/mol. The van der Waals surface area contributed by atoms with Crippen molar-refractivity contribution in [2.24, 2.45) is 0 Å². The van der Waals surface area contributed by atoms with Gasteiger partial charge in [-0.3, -0.25) is 4.90 Å². The van der Waals surface area contributed by atoms with Gasteiger partial charge in [-0.1, -0.05) is 6.42 Å². The van der Waals surface area contributed by atoms with Crippen LogP contribution in [0.3, 0.4) is 0 Å². The summed E-state index contributed by atoms with van der Waals surface area (Å²) in [6.07, 6.45) is 8.62. The van der Waals surface area contributed by atoms with Crippen LogP contribution in [0.25, 0.3) is 0 Å². The molecule has 0 radical (unpaired) electrons. The highest BCUT2D eigenvalue weighted by molar-refractivity contribution is 5.88. The molecule has 88 valence electrons. The highest BCUT2D eigenvalue weighted by Crippen LogP contribution is 2.22. The molecule has 2 atom stereocenters. The molecule has 16 heavy (non-hydrogen) atoms. The van der Waals surface area contributed by atoms with E-state index >= 15 is 0 Å². The molecule has 0 aliphatic carbocycles. The number of piperidine rings is 1. The summed E-state index contributed by atoms with van der Waals surface area (Å²) < 4.78 is 0. The Balaban J connectivity index is 2.16. The van der Waals surface area contributed by atoms with Crippen molar-refractivity contribution in [1.82, 2.24) is 10.2 Å². The molecule has 2 aliphatic rings. The molecule has 2 rings (SSSR count). The first kappa shape index (κ1) is 11.2. The van der Waals surface area contributed by atoms with E-state index in [9.17, 15) is 4.79 Å². The van der Waals surface area contributed by atoms with Gasteiger partial charge in [-0.05, 0) is 38.1 Å². The smallest absolute Gasteiger partial charge is 0.335 e. The van der Waals surface area contributed by atoms with Crippen LogP contribution in [0.1, 0.15) is 26.2 Å². The summed E-state index contributed by atoms with van der Waals surface area (Å²) in [5.74, 6) is -0.834. The molecule has 0 aromatic heterocycles. The second-order valence-corrected chi connectivity index (χ2v) is 4.44. The van der Waals surface area contributed by atoms with Gasteiger partial charge in [0.2, 0.25) is 0 Å². The number of likely N-dealkylation sites (tertiary alicyclic amines) is 1. The Kier molecular flexibility index (Phi) is 3.29.